The first-order valence-electron chi connectivity index (χ1n) is 7.74. The molecule has 3 nitrogen and oxygen atoms in total. The highest BCUT2D eigenvalue weighted by Gasteiger charge is 2.08. The number of halogens is 1. The molecule has 0 spiro atoms. The van der Waals surface area contributed by atoms with Crippen molar-refractivity contribution in [2.24, 2.45) is 5.73 Å². The molecule has 122 valence electrons. The molecule has 1 unspecified atom stereocenters. The van der Waals surface area contributed by atoms with Crippen molar-refractivity contribution in [3.05, 3.63) is 71.0 Å². The number of hydrogen-bond donors (Lipinski definition) is 1. The van der Waals surface area contributed by atoms with Gasteiger partial charge in [0.1, 0.15) is 5.82 Å². The van der Waals surface area contributed by atoms with Crippen molar-refractivity contribution in [3.8, 4) is 0 Å². The Bertz CT molecular complexity index is 640. The number of aryl methyl sites for hydroxylation is 1. The van der Waals surface area contributed by atoms with E-state index in [0.717, 1.165) is 29.5 Å². The number of nitrogens with two attached hydrogens (primary N) is 1. The van der Waals surface area contributed by atoms with Crippen molar-refractivity contribution in [3.63, 3.8) is 0 Å². The van der Waals surface area contributed by atoms with Gasteiger partial charge < -0.3 is 10.5 Å². The van der Waals surface area contributed by atoms with Crippen LogP contribution in [0.25, 0.3) is 0 Å². The summed E-state index contributed by atoms with van der Waals surface area (Å²) in [5, 5.41) is 0. The molecule has 2 aromatic carbocycles. The largest absolute Gasteiger partial charge is 0.469 e. The zero-order valence-corrected chi connectivity index (χ0v) is 13.3. The predicted molar refractivity (Wildman–Crippen MR) is 88.4 cm³/mol. The summed E-state index contributed by atoms with van der Waals surface area (Å²) in [7, 11) is 1.40. The predicted octanol–water partition coefficient (Wildman–Crippen LogP) is 3.56. The lowest BCUT2D eigenvalue weighted by Crippen LogP contribution is -2.13. The fourth-order valence-corrected chi connectivity index (χ4v) is 2.51. The zero-order valence-electron chi connectivity index (χ0n) is 13.3. The van der Waals surface area contributed by atoms with Gasteiger partial charge in [-0.15, -0.1) is 0 Å². The van der Waals surface area contributed by atoms with E-state index >= 15 is 0 Å². The van der Waals surface area contributed by atoms with Gasteiger partial charge in [-0.05, 0) is 48.1 Å². The maximum Gasteiger partial charge on any atom is 0.305 e. The average molecular weight is 315 g/mol. The number of methoxy groups -OCH3 is 1. The van der Waals surface area contributed by atoms with Crippen LogP contribution in [0.2, 0.25) is 0 Å². The topological polar surface area (TPSA) is 52.3 Å². The third kappa shape index (κ3) is 5.49. The van der Waals surface area contributed by atoms with E-state index in [4.69, 9.17) is 5.73 Å². The average Bonchev–Trinajstić information content (AvgIpc) is 2.55. The summed E-state index contributed by atoms with van der Waals surface area (Å²) in [6, 6.07) is 14.4. The molecule has 0 aliphatic rings. The second kappa shape index (κ2) is 8.44. The highest BCUT2D eigenvalue weighted by molar-refractivity contribution is 5.69. The van der Waals surface area contributed by atoms with Gasteiger partial charge in [0, 0.05) is 12.5 Å². The van der Waals surface area contributed by atoms with Crippen LogP contribution < -0.4 is 5.73 Å². The molecule has 0 amide bonds. The summed E-state index contributed by atoms with van der Waals surface area (Å²) in [5.74, 6) is -0.422. The van der Waals surface area contributed by atoms with E-state index in [1.54, 1.807) is 6.07 Å². The minimum atomic E-state index is -0.240. The molecule has 0 radical (unpaired) electrons. The van der Waals surface area contributed by atoms with E-state index < -0.39 is 0 Å². The second-order valence-electron chi connectivity index (χ2n) is 5.61. The van der Waals surface area contributed by atoms with Crippen LogP contribution >= 0.6 is 0 Å². The molecule has 4 heteroatoms. The van der Waals surface area contributed by atoms with Gasteiger partial charge in [0.2, 0.25) is 0 Å². The molecule has 0 aromatic heterocycles. The Hall–Kier alpha value is -2.20. The van der Waals surface area contributed by atoms with Gasteiger partial charge in [0.05, 0.1) is 7.11 Å². The minimum absolute atomic E-state index is 0.166. The standard InChI is InChI=1S/C19H22FNO2/c1-23-19(22)7-3-4-14-8-10-16(11-9-14)18(21)13-15-5-2-6-17(20)12-15/h2,5-6,8-12,18H,3-4,7,13,21H2,1H3. The molecule has 2 rings (SSSR count). The monoisotopic (exact) mass is 315 g/mol. The lowest BCUT2D eigenvalue weighted by atomic mass is 9.97. The van der Waals surface area contributed by atoms with Crippen LogP contribution in [0.5, 0.6) is 0 Å². The van der Waals surface area contributed by atoms with Gasteiger partial charge in [-0.1, -0.05) is 36.4 Å². The first-order chi connectivity index (χ1) is 11.1. The Balaban J connectivity index is 1.89. The minimum Gasteiger partial charge on any atom is -0.469 e. The molecule has 0 bridgehead atoms. The number of carbonyl (C=O) groups excluding carboxylic acids is 1. The van der Waals surface area contributed by atoms with Gasteiger partial charge in [-0.2, -0.15) is 0 Å². The number of ether oxygens (including phenoxy) is 1. The SMILES string of the molecule is COC(=O)CCCc1ccc(C(N)Cc2cccc(F)c2)cc1. The Kier molecular flexibility index (Phi) is 6.29. The first-order valence-corrected chi connectivity index (χ1v) is 7.74. The maximum absolute atomic E-state index is 13.2. The summed E-state index contributed by atoms with van der Waals surface area (Å²) in [4.78, 5) is 11.1. The zero-order chi connectivity index (χ0) is 16.7. The van der Waals surface area contributed by atoms with Crippen molar-refractivity contribution >= 4 is 5.97 Å². The van der Waals surface area contributed by atoms with Crippen molar-refractivity contribution < 1.29 is 13.9 Å². The molecule has 0 aliphatic carbocycles. The smallest absolute Gasteiger partial charge is 0.305 e. The molecule has 23 heavy (non-hydrogen) atoms. The van der Waals surface area contributed by atoms with Gasteiger partial charge in [0.15, 0.2) is 0 Å². The lowest BCUT2D eigenvalue weighted by Gasteiger charge is -2.13. The quantitative estimate of drug-likeness (QED) is 0.795. The van der Waals surface area contributed by atoms with Crippen LogP contribution in [0.4, 0.5) is 4.39 Å². The molecule has 0 saturated carbocycles. The van der Waals surface area contributed by atoms with Gasteiger partial charge >= 0.3 is 5.97 Å². The Morgan fingerprint density at radius 3 is 2.57 bits per heavy atom. The van der Waals surface area contributed by atoms with E-state index in [0.29, 0.717) is 12.8 Å². The van der Waals surface area contributed by atoms with E-state index in [2.05, 4.69) is 4.74 Å². The van der Waals surface area contributed by atoms with Crippen LogP contribution in [0.3, 0.4) is 0 Å². The molecule has 0 heterocycles. The van der Waals surface area contributed by atoms with Crippen molar-refractivity contribution in [2.45, 2.75) is 31.7 Å². The number of carbonyl (C=O) groups is 1. The summed E-state index contributed by atoms with van der Waals surface area (Å²) >= 11 is 0. The van der Waals surface area contributed by atoms with Crippen LogP contribution in [0.15, 0.2) is 48.5 Å². The number of esters is 1. The highest BCUT2D eigenvalue weighted by Crippen LogP contribution is 2.18. The van der Waals surface area contributed by atoms with E-state index in [-0.39, 0.29) is 17.8 Å². The lowest BCUT2D eigenvalue weighted by molar-refractivity contribution is -0.140. The van der Waals surface area contributed by atoms with Crippen molar-refractivity contribution in [1.82, 2.24) is 0 Å². The third-order valence-corrected chi connectivity index (χ3v) is 3.83. The molecule has 2 N–H and O–H groups in total. The van der Waals surface area contributed by atoms with Gasteiger partial charge in [-0.3, -0.25) is 4.79 Å². The van der Waals surface area contributed by atoms with Crippen molar-refractivity contribution in [2.75, 3.05) is 7.11 Å². The molecular formula is C19H22FNO2. The molecule has 1 atom stereocenters. The first kappa shape index (κ1) is 17.2. The highest BCUT2D eigenvalue weighted by atomic mass is 19.1. The van der Waals surface area contributed by atoms with Crippen LogP contribution in [0, 0.1) is 5.82 Å². The van der Waals surface area contributed by atoms with Crippen LogP contribution in [-0.4, -0.2) is 13.1 Å². The molecule has 0 aliphatic heterocycles. The van der Waals surface area contributed by atoms with E-state index in [1.165, 1.54) is 19.2 Å². The van der Waals surface area contributed by atoms with Crippen LogP contribution in [0.1, 0.15) is 35.6 Å². The Morgan fingerprint density at radius 1 is 1.17 bits per heavy atom. The summed E-state index contributed by atoms with van der Waals surface area (Å²) in [5.41, 5.74) is 9.27. The number of rotatable bonds is 7. The third-order valence-electron chi connectivity index (χ3n) is 3.83. The molecule has 2 aromatic rings. The normalized spacial score (nSPS) is 12.0. The summed E-state index contributed by atoms with van der Waals surface area (Å²) in [6.07, 6.45) is 2.62. The summed E-state index contributed by atoms with van der Waals surface area (Å²) < 4.78 is 17.8. The van der Waals surface area contributed by atoms with Crippen molar-refractivity contribution in [1.29, 1.82) is 0 Å². The Morgan fingerprint density at radius 2 is 1.91 bits per heavy atom. The summed E-state index contributed by atoms with van der Waals surface area (Å²) in [6.45, 7) is 0. The Labute approximate surface area is 136 Å². The molecular weight excluding hydrogens is 293 g/mol. The maximum atomic E-state index is 13.2. The molecule has 0 fully saturated rings. The van der Waals surface area contributed by atoms with Gasteiger partial charge in [-0.25, -0.2) is 4.39 Å². The van der Waals surface area contributed by atoms with Crippen LogP contribution in [-0.2, 0) is 22.4 Å². The molecule has 0 saturated heterocycles. The number of hydrogen-bond acceptors (Lipinski definition) is 3. The van der Waals surface area contributed by atoms with Gasteiger partial charge in [0.25, 0.3) is 0 Å². The second-order valence-corrected chi connectivity index (χ2v) is 5.61. The van der Waals surface area contributed by atoms with E-state index in [1.807, 2.05) is 30.3 Å². The number of benzene rings is 2. The van der Waals surface area contributed by atoms with E-state index in [9.17, 15) is 9.18 Å². The fourth-order valence-electron chi connectivity index (χ4n) is 2.51. The fraction of sp³-hybridized carbons (Fsp3) is 0.316.